The Labute approximate surface area is 347 Å². The number of hydrogen-bond acceptors (Lipinski definition) is 3. The Bertz CT molecular complexity index is 3240. The Balaban J connectivity index is 1.04. The Kier molecular flexibility index (Phi) is 8.90. The van der Waals surface area contributed by atoms with Crippen molar-refractivity contribution in [2.45, 2.75) is 18.8 Å². The summed E-state index contributed by atoms with van der Waals surface area (Å²) in [5.74, 6) is 0.875. The number of aryl methyl sites for hydroxylation is 1. The molecule has 8 aromatic carbocycles. The van der Waals surface area contributed by atoms with Crippen LogP contribution in [0.4, 0.5) is 0 Å². The molecule has 0 amide bonds. The zero-order valence-corrected chi connectivity index (χ0v) is 33.2. The predicted octanol–water partition coefficient (Wildman–Crippen LogP) is 14.7. The van der Waals surface area contributed by atoms with E-state index in [0.717, 1.165) is 50.7 Å². The number of benzene rings is 8. The van der Waals surface area contributed by atoms with Gasteiger partial charge in [-0.15, -0.1) is 11.3 Å². The van der Waals surface area contributed by atoms with Crippen molar-refractivity contribution >= 4 is 53.4 Å². The van der Waals surface area contributed by atoms with Crippen LogP contribution in [-0.4, -0.2) is 14.5 Å². The Hall–Kier alpha value is -7.14. The summed E-state index contributed by atoms with van der Waals surface area (Å²) in [6.07, 6.45) is 1.94. The second kappa shape index (κ2) is 15.0. The van der Waals surface area contributed by atoms with E-state index in [0.29, 0.717) is 5.95 Å². The molecule has 0 saturated heterocycles. The molecule has 0 unspecified atom stereocenters. The van der Waals surface area contributed by atoms with E-state index in [2.05, 4.69) is 211 Å². The van der Waals surface area contributed by atoms with Crippen molar-refractivity contribution in [1.29, 1.82) is 0 Å². The highest BCUT2D eigenvalue weighted by molar-refractivity contribution is 7.26. The first-order valence-electron chi connectivity index (χ1n) is 20.3. The van der Waals surface area contributed by atoms with Crippen molar-refractivity contribution in [3.05, 3.63) is 223 Å². The van der Waals surface area contributed by atoms with Crippen LogP contribution in [0.1, 0.15) is 29.0 Å². The quantitative estimate of drug-likeness (QED) is 0.146. The zero-order valence-electron chi connectivity index (χ0n) is 32.4. The average molecular weight is 774 g/mol. The van der Waals surface area contributed by atoms with E-state index in [9.17, 15) is 0 Å². The van der Waals surface area contributed by atoms with Crippen molar-refractivity contribution in [3.63, 3.8) is 0 Å². The van der Waals surface area contributed by atoms with Crippen LogP contribution in [0.3, 0.4) is 0 Å². The molecular weight excluding hydrogens is 735 g/mol. The Morgan fingerprint density at radius 3 is 1.68 bits per heavy atom. The topological polar surface area (TPSA) is 30.7 Å². The van der Waals surface area contributed by atoms with Gasteiger partial charge in [-0.1, -0.05) is 182 Å². The molecule has 0 aliphatic heterocycles. The zero-order chi connectivity index (χ0) is 39.1. The molecule has 0 N–H and O–H groups in total. The van der Waals surface area contributed by atoms with E-state index < -0.39 is 0 Å². The van der Waals surface area contributed by atoms with Gasteiger partial charge in [-0.3, -0.25) is 4.57 Å². The van der Waals surface area contributed by atoms with Gasteiger partial charge in [0.1, 0.15) is 0 Å². The van der Waals surface area contributed by atoms with Gasteiger partial charge in [0.15, 0.2) is 0 Å². The fourth-order valence-electron chi connectivity index (χ4n) is 8.76. The third-order valence-corrected chi connectivity index (χ3v) is 12.9. The molecule has 0 radical (unpaired) electrons. The highest BCUT2D eigenvalue weighted by atomic mass is 32.1. The maximum Gasteiger partial charge on any atom is 0.235 e. The van der Waals surface area contributed by atoms with E-state index in [1.54, 1.807) is 11.3 Å². The van der Waals surface area contributed by atoms with Gasteiger partial charge < -0.3 is 0 Å². The molecule has 11 aromatic rings. The maximum atomic E-state index is 5.40. The number of fused-ring (bicyclic) bond motifs is 6. The van der Waals surface area contributed by atoms with E-state index >= 15 is 0 Å². The molecule has 280 valence electrons. The number of thiophene rings is 1. The second-order valence-corrected chi connectivity index (χ2v) is 16.3. The molecule has 1 atom stereocenters. The molecule has 0 spiro atoms. The van der Waals surface area contributed by atoms with Crippen molar-refractivity contribution in [2.24, 2.45) is 0 Å². The van der Waals surface area contributed by atoms with Crippen LogP contribution in [0.15, 0.2) is 206 Å². The summed E-state index contributed by atoms with van der Waals surface area (Å²) in [7, 11) is 0. The molecule has 0 bridgehead atoms. The van der Waals surface area contributed by atoms with Crippen molar-refractivity contribution < 1.29 is 0 Å². The lowest BCUT2D eigenvalue weighted by Gasteiger charge is -2.20. The first kappa shape index (κ1) is 35.1. The number of rotatable bonds is 9. The van der Waals surface area contributed by atoms with Gasteiger partial charge in [0.05, 0.1) is 26.9 Å². The summed E-state index contributed by atoms with van der Waals surface area (Å²) in [4.78, 5) is 10.8. The third-order valence-electron chi connectivity index (χ3n) is 11.8. The van der Waals surface area contributed by atoms with E-state index in [-0.39, 0.29) is 5.92 Å². The molecule has 59 heavy (non-hydrogen) atoms. The first-order chi connectivity index (χ1) is 29.2. The first-order valence-corrected chi connectivity index (χ1v) is 21.1. The summed E-state index contributed by atoms with van der Waals surface area (Å²) < 4.78 is 4.60. The van der Waals surface area contributed by atoms with Gasteiger partial charge in [-0.25, -0.2) is 9.97 Å². The van der Waals surface area contributed by atoms with Gasteiger partial charge >= 0.3 is 0 Å². The van der Waals surface area contributed by atoms with Crippen molar-refractivity contribution in [2.75, 3.05) is 0 Å². The SMILES string of the molecule is c1ccc(-c2ccc(CC[C@@H](c3ccc(-c4ccccc4)cc3)c3ccc4c(c3)c3ccccc3n4-c3nc(-c4ccccc4)c4sc5ccccc5c4n3)cc2)cc1. The molecular formula is C55H39N3S. The fourth-order valence-corrected chi connectivity index (χ4v) is 9.92. The second-order valence-electron chi connectivity index (χ2n) is 15.3. The molecule has 0 aliphatic carbocycles. The van der Waals surface area contributed by atoms with Crippen LogP contribution in [0, 0.1) is 0 Å². The Morgan fingerprint density at radius 1 is 0.441 bits per heavy atom. The number of aromatic nitrogens is 3. The highest BCUT2D eigenvalue weighted by Crippen LogP contribution is 2.41. The van der Waals surface area contributed by atoms with Crippen LogP contribution in [0.5, 0.6) is 0 Å². The minimum atomic E-state index is 0.189. The molecule has 0 saturated carbocycles. The lowest BCUT2D eigenvalue weighted by Crippen LogP contribution is -2.05. The highest BCUT2D eigenvalue weighted by Gasteiger charge is 2.22. The van der Waals surface area contributed by atoms with Gasteiger partial charge in [-0.2, -0.15) is 0 Å². The number of hydrogen-bond donors (Lipinski definition) is 0. The Morgan fingerprint density at radius 2 is 0.983 bits per heavy atom. The van der Waals surface area contributed by atoms with Crippen molar-refractivity contribution in [3.8, 4) is 39.5 Å². The molecule has 3 nitrogen and oxygen atoms in total. The maximum absolute atomic E-state index is 5.40. The van der Waals surface area contributed by atoms with E-state index in [4.69, 9.17) is 9.97 Å². The monoisotopic (exact) mass is 773 g/mol. The number of para-hydroxylation sites is 1. The average Bonchev–Trinajstić information content (AvgIpc) is 3.86. The van der Waals surface area contributed by atoms with Crippen LogP contribution < -0.4 is 0 Å². The normalized spacial score (nSPS) is 12.1. The number of nitrogens with zero attached hydrogens (tertiary/aromatic N) is 3. The van der Waals surface area contributed by atoms with Crippen molar-refractivity contribution in [1.82, 2.24) is 14.5 Å². The third kappa shape index (κ3) is 6.48. The smallest absolute Gasteiger partial charge is 0.235 e. The summed E-state index contributed by atoms with van der Waals surface area (Å²) in [5.41, 5.74) is 14.2. The predicted molar refractivity (Wildman–Crippen MR) is 249 cm³/mol. The summed E-state index contributed by atoms with van der Waals surface area (Å²) in [5, 5.41) is 3.56. The van der Waals surface area contributed by atoms with Crippen LogP contribution in [0.25, 0.3) is 81.6 Å². The molecule has 0 aliphatic rings. The van der Waals surface area contributed by atoms with Crippen LogP contribution in [-0.2, 0) is 6.42 Å². The van der Waals surface area contributed by atoms with E-state index in [1.807, 2.05) is 0 Å². The van der Waals surface area contributed by atoms with Gasteiger partial charge in [0, 0.05) is 32.3 Å². The summed E-state index contributed by atoms with van der Waals surface area (Å²) in [6, 6.07) is 74.5. The van der Waals surface area contributed by atoms with Crippen LogP contribution >= 0.6 is 11.3 Å². The summed E-state index contributed by atoms with van der Waals surface area (Å²) >= 11 is 1.77. The molecule has 11 rings (SSSR count). The molecule has 4 heteroatoms. The molecule has 3 aromatic heterocycles. The minimum absolute atomic E-state index is 0.189. The largest absolute Gasteiger partial charge is 0.278 e. The molecule has 0 fully saturated rings. The van der Waals surface area contributed by atoms with Crippen LogP contribution in [0.2, 0.25) is 0 Å². The minimum Gasteiger partial charge on any atom is -0.278 e. The lowest BCUT2D eigenvalue weighted by molar-refractivity contribution is 0.716. The summed E-state index contributed by atoms with van der Waals surface area (Å²) in [6.45, 7) is 0. The standard InChI is InChI=1S/C55H39N3S/c1-4-14-38(15-5-1)40-27-24-37(25-28-40)26-34-45(42-31-29-41(30-32-42)39-16-6-2-7-17-39)44-33-35-50-48(36-44)46-20-10-12-22-49(46)58(50)55-56-52(43-18-8-3-9-19-43)54-53(57-55)47-21-11-13-23-51(47)59-54/h1-25,27-33,35-36,45H,26,34H2/t45-/m0/s1. The fraction of sp³-hybridized carbons (Fsp3) is 0.0545. The van der Waals surface area contributed by atoms with Gasteiger partial charge in [0.2, 0.25) is 5.95 Å². The molecule has 3 heterocycles. The van der Waals surface area contributed by atoms with Gasteiger partial charge in [-0.05, 0) is 76.1 Å². The van der Waals surface area contributed by atoms with Gasteiger partial charge in [0.25, 0.3) is 0 Å². The van der Waals surface area contributed by atoms with E-state index in [1.165, 1.54) is 54.4 Å². The lowest BCUT2D eigenvalue weighted by atomic mass is 9.85.